The van der Waals surface area contributed by atoms with Crippen molar-refractivity contribution in [2.45, 2.75) is 83.2 Å². The summed E-state index contributed by atoms with van der Waals surface area (Å²) in [4.78, 5) is 36.9. The Morgan fingerprint density at radius 1 is 1.15 bits per heavy atom. The number of amides is 1. The van der Waals surface area contributed by atoms with Crippen molar-refractivity contribution in [1.82, 2.24) is 4.90 Å². The van der Waals surface area contributed by atoms with Gasteiger partial charge >= 0.3 is 5.97 Å². The zero-order valence-corrected chi connectivity index (χ0v) is 16.0. The van der Waals surface area contributed by atoms with Crippen LogP contribution in [0.4, 0.5) is 0 Å². The van der Waals surface area contributed by atoms with Crippen LogP contribution in [0.25, 0.3) is 0 Å². The van der Waals surface area contributed by atoms with E-state index >= 15 is 0 Å². The lowest BCUT2D eigenvalue weighted by atomic mass is 9.81. The molecule has 2 aliphatic carbocycles. The fourth-order valence-electron chi connectivity index (χ4n) is 4.42. The summed E-state index contributed by atoms with van der Waals surface area (Å²) >= 11 is 0. The number of nitro groups is 1. The Morgan fingerprint density at radius 3 is 2.46 bits per heavy atom. The van der Waals surface area contributed by atoms with Crippen molar-refractivity contribution in [1.29, 1.82) is 0 Å². The van der Waals surface area contributed by atoms with Crippen LogP contribution in [0.2, 0.25) is 0 Å². The van der Waals surface area contributed by atoms with Gasteiger partial charge in [-0.2, -0.15) is 0 Å². The van der Waals surface area contributed by atoms with Gasteiger partial charge in [0, 0.05) is 43.2 Å². The van der Waals surface area contributed by atoms with E-state index in [-0.39, 0.29) is 28.8 Å². The van der Waals surface area contributed by atoms with E-state index in [1.165, 1.54) is 0 Å². The minimum Gasteiger partial charge on any atom is -0.466 e. The Kier molecular flexibility index (Phi) is 7.85. The highest BCUT2D eigenvalue weighted by Gasteiger charge is 2.36. The van der Waals surface area contributed by atoms with Gasteiger partial charge in [0.05, 0.1) is 6.61 Å². The van der Waals surface area contributed by atoms with E-state index < -0.39 is 6.04 Å². The minimum absolute atomic E-state index is 0.0755. The zero-order chi connectivity index (χ0) is 19.1. The van der Waals surface area contributed by atoms with Crippen molar-refractivity contribution in [3.05, 3.63) is 10.1 Å². The SMILES string of the molecule is CCOC(=O)CCC1CCC(N(C)C(=O)C2CCCC([N+](=O)[O-])C2)CC1. The zero-order valence-electron chi connectivity index (χ0n) is 16.0. The average Bonchev–Trinajstić information content (AvgIpc) is 2.66. The number of rotatable bonds is 7. The molecule has 148 valence electrons. The van der Waals surface area contributed by atoms with E-state index in [1.54, 1.807) is 0 Å². The molecule has 0 aromatic rings. The van der Waals surface area contributed by atoms with Crippen molar-refractivity contribution in [3.8, 4) is 0 Å². The summed E-state index contributed by atoms with van der Waals surface area (Å²) in [6.45, 7) is 2.24. The third-order valence-corrected chi connectivity index (χ3v) is 6.07. The molecule has 2 aliphatic rings. The topological polar surface area (TPSA) is 89.8 Å². The Morgan fingerprint density at radius 2 is 1.85 bits per heavy atom. The van der Waals surface area contributed by atoms with Crippen LogP contribution in [-0.2, 0) is 14.3 Å². The van der Waals surface area contributed by atoms with Crippen molar-refractivity contribution in [3.63, 3.8) is 0 Å². The molecular weight excluding hydrogens is 336 g/mol. The van der Waals surface area contributed by atoms with Gasteiger partial charge in [-0.1, -0.05) is 0 Å². The van der Waals surface area contributed by atoms with Gasteiger partial charge in [-0.05, 0) is 57.8 Å². The molecule has 2 unspecified atom stereocenters. The molecule has 0 spiro atoms. The average molecular weight is 368 g/mol. The molecule has 2 atom stereocenters. The second-order valence-corrected chi connectivity index (χ2v) is 7.77. The Labute approximate surface area is 155 Å². The maximum atomic E-state index is 12.8. The number of hydrogen-bond acceptors (Lipinski definition) is 5. The monoisotopic (exact) mass is 368 g/mol. The number of nitrogens with zero attached hydrogens (tertiary/aromatic N) is 2. The van der Waals surface area contributed by atoms with Crippen molar-refractivity contribution >= 4 is 11.9 Å². The smallest absolute Gasteiger partial charge is 0.305 e. The van der Waals surface area contributed by atoms with E-state index in [1.807, 2.05) is 18.9 Å². The first-order valence-corrected chi connectivity index (χ1v) is 9.98. The summed E-state index contributed by atoms with van der Waals surface area (Å²) in [6.07, 6.45) is 7.75. The number of carbonyl (C=O) groups is 2. The highest BCUT2D eigenvalue weighted by Crippen LogP contribution is 2.33. The second-order valence-electron chi connectivity index (χ2n) is 7.77. The van der Waals surface area contributed by atoms with Crippen LogP contribution < -0.4 is 0 Å². The number of esters is 1. The van der Waals surface area contributed by atoms with Crippen molar-refractivity contribution < 1.29 is 19.2 Å². The fraction of sp³-hybridized carbons (Fsp3) is 0.895. The predicted molar refractivity (Wildman–Crippen MR) is 97.1 cm³/mol. The molecule has 0 heterocycles. The molecule has 1 amide bonds. The molecule has 0 aliphatic heterocycles. The summed E-state index contributed by atoms with van der Waals surface area (Å²) in [7, 11) is 1.85. The van der Waals surface area contributed by atoms with Gasteiger partial charge in [0.1, 0.15) is 0 Å². The molecule has 26 heavy (non-hydrogen) atoms. The molecule has 2 fully saturated rings. The van der Waals surface area contributed by atoms with Gasteiger partial charge in [0.25, 0.3) is 0 Å². The molecule has 0 N–H and O–H groups in total. The van der Waals surface area contributed by atoms with E-state index in [9.17, 15) is 19.7 Å². The third kappa shape index (κ3) is 5.68. The summed E-state index contributed by atoms with van der Waals surface area (Å²) in [5, 5.41) is 11.0. The third-order valence-electron chi connectivity index (χ3n) is 6.07. The molecule has 2 rings (SSSR count). The molecule has 0 saturated heterocycles. The van der Waals surface area contributed by atoms with Crippen LogP contribution in [-0.4, -0.2) is 47.4 Å². The summed E-state index contributed by atoms with van der Waals surface area (Å²) < 4.78 is 4.98. The van der Waals surface area contributed by atoms with Gasteiger partial charge in [-0.15, -0.1) is 0 Å². The van der Waals surface area contributed by atoms with Gasteiger partial charge in [-0.25, -0.2) is 0 Å². The van der Waals surface area contributed by atoms with E-state index in [0.717, 1.165) is 44.9 Å². The van der Waals surface area contributed by atoms with Gasteiger partial charge in [0.15, 0.2) is 0 Å². The van der Waals surface area contributed by atoms with E-state index in [2.05, 4.69) is 0 Å². The molecule has 7 heteroatoms. The minimum atomic E-state index is -0.565. The highest BCUT2D eigenvalue weighted by molar-refractivity contribution is 5.79. The Bertz CT molecular complexity index is 502. The van der Waals surface area contributed by atoms with Crippen molar-refractivity contribution in [2.75, 3.05) is 13.7 Å². The highest BCUT2D eigenvalue weighted by atomic mass is 16.6. The summed E-state index contributed by atoms with van der Waals surface area (Å²) in [5.74, 6) is 0.268. The molecular formula is C19H32N2O5. The number of ether oxygens (including phenoxy) is 1. The molecule has 0 aromatic carbocycles. The lowest BCUT2D eigenvalue weighted by Crippen LogP contribution is -2.44. The van der Waals surface area contributed by atoms with Gasteiger partial charge in [-0.3, -0.25) is 19.7 Å². The van der Waals surface area contributed by atoms with Crippen LogP contribution >= 0.6 is 0 Å². The van der Waals surface area contributed by atoms with Crippen LogP contribution in [0.3, 0.4) is 0 Å². The van der Waals surface area contributed by atoms with Crippen molar-refractivity contribution in [2.24, 2.45) is 11.8 Å². The second kappa shape index (κ2) is 9.88. The first kappa shape index (κ1) is 20.6. The molecule has 7 nitrogen and oxygen atoms in total. The molecule has 2 saturated carbocycles. The van der Waals surface area contributed by atoms with Crippen LogP contribution in [0.1, 0.15) is 71.1 Å². The normalized spacial score (nSPS) is 29.0. The maximum Gasteiger partial charge on any atom is 0.305 e. The van der Waals surface area contributed by atoms with Gasteiger partial charge in [0.2, 0.25) is 11.9 Å². The molecule has 0 bridgehead atoms. The maximum absolute atomic E-state index is 12.8. The fourth-order valence-corrected chi connectivity index (χ4v) is 4.42. The van der Waals surface area contributed by atoms with E-state index in [0.29, 0.717) is 31.8 Å². The summed E-state index contributed by atoms with van der Waals surface area (Å²) in [5.41, 5.74) is 0. The lowest BCUT2D eigenvalue weighted by Gasteiger charge is -2.37. The quantitative estimate of drug-likeness (QED) is 0.391. The Hall–Kier alpha value is -1.66. The first-order valence-electron chi connectivity index (χ1n) is 9.98. The first-order chi connectivity index (χ1) is 12.4. The predicted octanol–water partition coefficient (Wildman–Crippen LogP) is 3.18. The Balaban J connectivity index is 1.76. The van der Waals surface area contributed by atoms with Crippen LogP contribution in [0, 0.1) is 22.0 Å². The lowest BCUT2D eigenvalue weighted by molar-refractivity contribution is -0.527. The standard InChI is InChI=1S/C19H32N2O5/c1-3-26-18(22)12-9-14-7-10-16(11-8-14)20(2)19(23)15-5-4-6-17(13-15)21(24)25/h14-17H,3-13H2,1-2H3. The van der Waals surface area contributed by atoms with E-state index in [4.69, 9.17) is 4.74 Å². The van der Waals surface area contributed by atoms with Crippen LogP contribution in [0.5, 0.6) is 0 Å². The summed E-state index contributed by atoms with van der Waals surface area (Å²) in [6, 6.07) is -0.345. The van der Waals surface area contributed by atoms with Gasteiger partial charge < -0.3 is 9.64 Å². The molecule has 0 aromatic heterocycles. The molecule has 0 radical (unpaired) electrons. The van der Waals surface area contributed by atoms with Crippen LogP contribution in [0.15, 0.2) is 0 Å². The largest absolute Gasteiger partial charge is 0.466 e. The number of carbonyl (C=O) groups excluding carboxylic acids is 2. The number of hydrogen-bond donors (Lipinski definition) is 0.